The molecule has 18 rings (SSSR count). The van der Waals surface area contributed by atoms with E-state index in [2.05, 4.69) is 509 Å². The molecule has 0 N–H and O–H groups in total. The van der Waals surface area contributed by atoms with Crippen molar-refractivity contribution in [3.63, 3.8) is 0 Å². The first kappa shape index (κ1) is 73.5. The number of benzene rings is 18. The zero-order valence-corrected chi connectivity index (χ0v) is 64.4. The van der Waals surface area contributed by atoms with Gasteiger partial charge in [-0.05, 0) is 212 Å². The van der Waals surface area contributed by atoms with Gasteiger partial charge in [0, 0.05) is 55.3 Å². The molecule has 0 saturated carbocycles. The highest BCUT2D eigenvalue weighted by Crippen LogP contribution is 2.39. The summed E-state index contributed by atoms with van der Waals surface area (Å²) in [5.41, 5.74) is 36.5. The lowest BCUT2D eigenvalue weighted by molar-refractivity contribution is 1.21. The Labute approximate surface area is 672 Å². The minimum absolute atomic E-state index is 1.16. The molecule has 0 radical (unpaired) electrons. The van der Waals surface area contributed by atoms with E-state index in [-0.39, 0.29) is 0 Å². The van der Waals surface area contributed by atoms with Crippen LogP contribution in [0.1, 0.15) is 0 Å². The Bertz CT molecular complexity index is 6060. The number of anilines is 6. The van der Waals surface area contributed by atoms with E-state index in [4.69, 9.17) is 0 Å². The van der Waals surface area contributed by atoms with Gasteiger partial charge in [0.25, 0.3) is 0 Å². The first-order valence-electron chi connectivity index (χ1n) is 39.0. The van der Waals surface area contributed by atoms with Crippen molar-refractivity contribution in [2.45, 2.75) is 0 Å². The predicted molar refractivity (Wildman–Crippen MR) is 488 cm³/mol. The molecule has 18 aromatic carbocycles. The highest BCUT2D eigenvalue weighted by Gasteiger charge is 2.14. The summed E-state index contributed by atoms with van der Waals surface area (Å²) >= 11 is 0. The van der Waals surface area contributed by atoms with Gasteiger partial charge in [-0.3, -0.25) is 0 Å². The SMILES string of the molecule is CN(c1ccc(-c2ccc(-c3ccccc3)cc2)cc1)c1ccc(-c2cccc(-c3ccccc3)c2)cc1.CN(c1ccc(-c2ccc(-c3ccccc3)cc2)cc1)c1ccc(-c2ccccc2-c2ccccc2)cc1.CN(c1ccc(-c2ccc(-c3ccccc3)cc2)cc1)c1cccc(-c2ccc(-c3ccccc3)cc2)c1. The largest absolute Gasteiger partial charge is 0.345 e. The first-order chi connectivity index (χ1) is 56.2. The molecule has 0 aliphatic carbocycles. The summed E-state index contributed by atoms with van der Waals surface area (Å²) in [5.74, 6) is 0. The average Bonchev–Trinajstić information content (AvgIpc) is 0.811. The Hall–Kier alpha value is -14.6. The summed E-state index contributed by atoms with van der Waals surface area (Å²) in [4.78, 5) is 6.70. The number of rotatable bonds is 18. The molecule has 0 saturated heterocycles. The molecule has 0 atom stereocenters. The molecule has 546 valence electrons. The third-order valence-corrected chi connectivity index (χ3v) is 21.4. The van der Waals surface area contributed by atoms with Crippen molar-refractivity contribution in [2.24, 2.45) is 0 Å². The van der Waals surface area contributed by atoms with Crippen LogP contribution in [0, 0.1) is 0 Å². The Morgan fingerprint density at radius 2 is 0.254 bits per heavy atom. The molecule has 0 spiro atoms. The van der Waals surface area contributed by atoms with Gasteiger partial charge < -0.3 is 14.7 Å². The second-order valence-electron chi connectivity index (χ2n) is 28.6. The van der Waals surface area contributed by atoms with Crippen molar-refractivity contribution >= 4 is 34.1 Å². The zero-order valence-electron chi connectivity index (χ0n) is 64.4. The van der Waals surface area contributed by atoms with Crippen molar-refractivity contribution in [1.29, 1.82) is 0 Å². The second-order valence-corrected chi connectivity index (χ2v) is 28.6. The standard InChI is InChI=1S/3C37H29N/c1-38(34-24-20-31(21-25-34)30-18-16-29(17-19-30)28-10-4-2-5-11-28)35-26-22-33(23-27-35)37-15-9-8-14-36(37)32-12-6-3-7-13-32;1-38(36-23-19-32(20-24-36)31-17-15-30(16-18-31)28-9-4-2-5-10-28)37-25-21-33(22-26-37)35-14-8-13-34(27-35)29-11-6-3-7-12-29;1-38(36-25-23-33(24-26-36)32-17-15-30(16-18-32)28-9-4-2-5-10-28)37-14-8-13-35(27-37)34-21-19-31(20-22-34)29-11-6-3-7-12-29/h3*2-27H,1H3. The van der Waals surface area contributed by atoms with Crippen molar-refractivity contribution in [3.8, 4) is 134 Å². The molecule has 114 heavy (non-hydrogen) atoms. The molecular formula is C111H87N3. The van der Waals surface area contributed by atoms with E-state index in [0.29, 0.717) is 0 Å². The fourth-order valence-electron chi connectivity index (χ4n) is 14.8. The van der Waals surface area contributed by atoms with Gasteiger partial charge in [0.1, 0.15) is 0 Å². The summed E-state index contributed by atoms with van der Waals surface area (Å²) in [6.07, 6.45) is 0. The van der Waals surface area contributed by atoms with E-state index in [1.165, 1.54) is 134 Å². The van der Waals surface area contributed by atoms with Crippen molar-refractivity contribution < 1.29 is 0 Å². The minimum atomic E-state index is 1.16. The smallest absolute Gasteiger partial charge is 0.0414 e. The second kappa shape index (κ2) is 35.4. The van der Waals surface area contributed by atoms with Crippen LogP contribution in [-0.2, 0) is 0 Å². The number of nitrogens with zero attached hydrogens (tertiary/aromatic N) is 3. The molecule has 0 aromatic heterocycles. The maximum absolute atomic E-state index is 2.26. The lowest BCUT2D eigenvalue weighted by Gasteiger charge is -2.21. The Morgan fingerprint density at radius 1 is 0.105 bits per heavy atom. The van der Waals surface area contributed by atoms with E-state index in [1.807, 2.05) is 0 Å². The normalized spacial score (nSPS) is 10.8. The quantitative estimate of drug-likeness (QED) is 0.0848. The molecule has 0 heterocycles. The molecule has 0 aliphatic rings. The summed E-state index contributed by atoms with van der Waals surface area (Å²) in [7, 11) is 6.37. The van der Waals surface area contributed by atoms with Crippen molar-refractivity contribution in [2.75, 3.05) is 35.8 Å². The van der Waals surface area contributed by atoms with Crippen LogP contribution < -0.4 is 14.7 Å². The molecular weight excluding hydrogens is 1380 g/mol. The van der Waals surface area contributed by atoms with Crippen LogP contribution >= 0.6 is 0 Å². The van der Waals surface area contributed by atoms with Gasteiger partial charge >= 0.3 is 0 Å². The van der Waals surface area contributed by atoms with E-state index in [9.17, 15) is 0 Å². The van der Waals surface area contributed by atoms with Crippen LogP contribution in [-0.4, -0.2) is 21.1 Å². The Kier molecular flexibility index (Phi) is 22.8. The fourth-order valence-corrected chi connectivity index (χ4v) is 14.8. The fraction of sp³-hybridized carbons (Fsp3) is 0.0270. The maximum Gasteiger partial charge on any atom is 0.0414 e. The van der Waals surface area contributed by atoms with Crippen molar-refractivity contribution in [1.82, 2.24) is 0 Å². The van der Waals surface area contributed by atoms with Crippen LogP contribution in [0.3, 0.4) is 0 Å². The van der Waals surface area contributed by atoms with Gasteiger partial charge in [0.05, 0.1) is 0 Å². The molecule has 0 aliphatic heterocycles. The third kappa shape index (κ3) is 17.6. The van der Waals surface area contributed by atoms with Gasteiger partial charge in [-0.25, -0.2) is 0 Å². The number of hydrogen-bond donors (Lipinski definition) is 0. The predicted octanol–water partition coefficient (Wildman–Crippen LogP) is 30.4. The summed E-state index contributed by atoms with van der Waals surface area (Å²) < 4.78 is 0. The first-order valence-corrected chi connectivity index (χ1v) is 39.0. The molecule has 0 fully saturated rings. The van der Waals surface area contributed by atoms with E-state index in [1.54, 1.807) is 0 Å². The van der Waals surface area contributed by atoms with Gasteiger partial charge in [-0.1, -0.05) is 394 Å². The molecule has 3 nitrogen and oxygen atoms in total. The molecule has 0 unspecified atom stereocenters. The summed E-state index contributed by atoms with van der Waals surface area (Å²) in [6.45, 7) is 0. The van der Waals surface area contributed by atoms with Gasteiger partial charge in [-0.2, -0.15) is 0 Å². The van der Waals surface area contributed by atoms with Crippen LogP contribution in [0.4, 0.5) is 34.1 Å². The third-order valence-electron chi connectivity index (χ3n) is 21.4. The summed E-state index contributed by atoms with van der Waals surface area (Å²) in [6, 6.07) is 168. The van der Waals surface area contributed by atoms with Crippen LogP contribution in [0.2, 0.25) is 0 Å². The highest BCUT2D eigenvalue weighted by molar-refractivity contribution is 5.86. The Balaban J connectivity index is 0.000000129. The van der Waals surface area contributed by atoms with E-state index in [0.717, 1.165) is 34.1 Å². The zero-order chi connectivity index (χ0) is 77.2. The number of hydrogen-bond acceptors (Lipinski definition) is 3. The summed E-state index contributed by atoms with van der Waals surface area (Å²) in [5, 5.41) is 0. The highest BCUT2D eigenvalue weighted by atomic mass is 15.1. The molecule has 3 heteroatoms. The van der Waals surface area contributed by atoms with Crippen molar-refractivity contribution in [3.05, 3.63) is 473 Å². The van der Waals surface area contributed by atoms with Crippen LogP contribution in [0.15, 0.2) is 473 Å². The monoisotopic (exact) mass is 1460 g/mol. The molecule has 0 bridgehead atoms. The van der Waals surface area contributed by atoms with Gasteiger partial charge in [0.2, 0.25) is 0 Å². The van der Waals surface area contributed by atoms with E-state index < -0.39 is 0 Å². The topological polar surface area (TPSA) is 9.72 Å². The lowest BCUT2D eigenvalue weighted by atomic mass is 9.94. The maximum atomic E-state index is 2.26. The van der Waals surface area contributed by atoms with Crippen LogP contribution in [0.25, 0.3) is 134 Å². The Morgan fingerprint density at radius 3 is 0.509 bits per heavy atom. The van der Waals surface area contributed by atoms with Gasteiger partial charge in [0.15, 0.2) is 0 Å². The lowest BCUT2D eigenvalue weighted by Crippen LogP contribution is -2.09. The molecule has 0 amide bonds. The van der Waals surface area contributed by atoms with Gasteiger partial charge in [-0.15, -0.1) is 0 Å². The van der Waals surface area contributed by atoms with Crippen LogP contribution in [0.5, 0.6) is 0 Å². The minimum Gasteiger partial charge on any atom is -0.345 e. The average molecular weight is 1460 g/mol. The van der Waals surface area contributed by atoms with E-state index >= 15 is 0 Å². The molecule has 18 aromatic rings.